The predicted molar refractivity (Wildman–Crippen MR) is 75.3 cm³/mol. The number of allylic oxidation sites excluding steroid dienone is 3. The van der Waals surface area contributed by atoms with E-state index in [0.717, 1.165) is 11.7 Å². The molecule has 1 nitrogen and oxygen atoms in total. The number of rotatable bonds is 3. The highest BCUT2D eigenvalue weighted by molar-refractivity contribution is 7.73. The van der Waals surface area contributed by atoms with Crippen molar-refractivity contribution in [1.29, 1.82) is 0 Å². The van der Waals surface area contributed by atoms with Crippen molar-refractivity contribution in [2.75, 3.05) is 6.66 Å². The van der Waals surface area contributed by atoms with E-state index in [2.05, 4.69) is 12.2 Å². The highest BCUT2D eigenvalue weighted by atomic mass is 31.2. The lowest BCUT2D eigenvalue weighted by Gasteiger charge is -2.11. The lowest BCUT2D eigenvalue weighted by atomic mass is 10.00. The smallest absolute Gasteiger partial charge is 0.133 e. The SMILES string of the molecule is CP(=O)(/C=C/C1=CCCCC1)c1ccccc1. The first kappa shape index (κ1) is 12.4. The van der Waals surface area contributed by atoms with Gasteiger partial charge in [-0.15, -0.1) is 0 Å². The molecule has 0 saturated heterocycles. The Balaban J connectivity index is 2.14. The summed E-state index contributed by atoms with van der Waals surface area (Å²) in [7, 11) is -2.33. The second kappa shape index (κ2) is 5.51. The van der Waals surface area contributed by atoms with Crippen LogP contribution in [0.4, 0.5) is 0 Å². The molecule has 1 atom stereocenters. The molecule has 0 heterocycles. The Bertz CT molecular complexity index is 471. The van der Waals surface area contributed by atoms with Gasteiger partial charge >= 0.3 is 0 Å². The average molecular weight is 246 g/mol. The largest absolute Gasteiger partial charge is 0.315 e. The molecule has 0 bridgehead atoms. The Morgan fingerprint density at radius 3 is 2.59 bits per heavy atom. The van der Waals surface area contributed by atoms with Gasteiger partial charge in [0.1, 0.15) is 7.14 Å². The lowest BCUT2D eigenvalue weighted by molar-refractivity contribution is 0.590. The third-order valence-corrected chi connectivity index (χ3v) is 5.21. The van der Waals surface area contributed by atoms with Crippen molar-refractivity contribution >= 4 is 12.4 Å². The van der Waals surface area contributed by atoms with Gasteiger partial charge in [-0.05, 0) is 38.2 Å². The van der Waals surface area contributed by atoms with Crippen LogP contribution < -0.4 is 5.30 Å². The molecule has 0 aromatic heterocycles. The van der Waals surface area contributed by atoms with Crippen LogP contribution in [-0.2, 0) is 4.57 Å². The van der Waals surface area contributed by atoms with E-state index in [-0.39, 0.29) is 0 Å². The van der Waals surface area contributed by atoms with Gasteiger partial charge in [-0.3, -0.25) is 0 Å². The van der Waals surface area contributed by atoms with Crippen molar-refractivity contribution in [2.45, 2.75) is 25.7 Å². The third-order valence-electron chi connectivity index (χ3n) is 3.17. The van der Waals surface area contributed by atoms with Crippen LogP contribution >= 0.6 is 7.14 Å². The molecule has 0 amide bonds. The fraction of sp³-hybridized carbons (Fsp3) is 0.333. The summed E-state index contributed by atoms with van der Waals surface area (Å²) in [4.78, 5) is 0. The Morgan fingerprint density at radius 1 is 1.18 bits per heavy atom. The van der Waals surface area contributed by atoms with Crippen LogP contribution in [0.2, 0.25) is 0 Å². The van der Waals surface area contributed by atoms with Crippen LogP contribution in [0.25, 0.3) is 0 Å². The van der Waals surface area contributed by atoms with Gasteiger partial charge in [-0.1, -0.05) is 48.1 Å². The minimum atomic E-state index is -2.33. The standard InChI is InChI=1S/C15H19OP/c1-17(16,15-10-6-3-7-11-15)13-12-14-8-4-2-5-9-14/h3,6-8,10-13H,2,4-5,9H2,1H3/b13-12+. The molecular weight excluding hydrogens is 227 g/mol. The van der Waals surface area contributed by atoms with Crippen molar-refractivity contribution in [3.8, 4) is 0 Å². The van der Waals surface area contributed by atoms with E-state index in [9.17, 15) is 4.57 Å². The Morgan fingerprint density at radius 2 is 1.94 bits per heavy atom. The fourth-order valence-electron chi connectivity index (χ4n) is 2.06. The first-order chi connectivity index (χ1) is 8.18. The van der Waals surface area contributed by atoms with E-state index in [1.54, 1.807) is 0 Å². The Labute approximate surface area is 104 Å². The van der Waals surface area contributed by atoms with E-state index >= 15 is 0 Å². The molecule has 0 fully saturated rings. The summed E-state index contributed by atoms with van der Waals surface area (Å²) < 4.78 is 12.5. The second-order valence-electron chi connectivity index (χ2n) is 4.67. The number of hydrogen-bond acceptors (Lipinski definition) is 1. The van der Waals surface area contributed by atoms with Crippen LogP contribution in [0.3, 0.4) is 0 Å². The topological polar surface area (TPSA) is 17.1 Å². The molecule has 2 rings (SSSR count). The van der Waals surface area contributed by atoms with Crippen molar-refractivity contribution in [2.24, 2.45) is 0 Å². The molecular formula is C15H19OP. The maximum Gasteiger partial charge on any atom is 0.133 e. The van der Waals surface area contributed by atoms with Gasteiger partial charge in [0.25, 0.3) is 0 Å². The van der Waals surface area contributed by atoms with Crippen LogP contribution in [-0.4, -0.2) is 6.66 Å². The summed E-state index contributed by atoms with van der Waals surface area (Å²) >= 11 is 0. The fourth-order valence-corrected chi connectivity index (χ4v) is 3.47. The third kappa shape index (κ3) is 3.44. The van der Waals surface area contributed by atoms with Gasteiger partial charge in [0.15, 0.2) is 0 Å². The highest BCUT2D eigenvalue weighted by Crippen LogP contribution is 2.42. The summed E-state index contributed by atoms with van der Waals surface area (Å²) in [6.07, 6.45) is 9.18. The first-order valence-corrected chi connectivity index (χ1v) is 8.42. The van der Waals surface area contributed by atoms with Gasteiger partial charge < -0.3 is 4.57 Å². The molecule has 1 aromatic carbocycles. The van der Waals surface area contributed by atoms with Crippen LogP contribution in [0.1, 0.15) is 25.7 Å². The maximum absolute atomic E-state index is 12.5. The van der Waals surface area contributed by atoms with E-state index < -0.39 is 7.14 Å². The normalized spacial score (nSPS) is 19.9. The zero-order chi connectivity index (χ0) is 12.1. The lowest BCUT2D eigenvalue weighted by Crippen LogP contribution is -2.00. The molecule has 0 saturated carbocycles. The predicted octanol–water partition coefficient (Wildman–Crippen LogP) is 4.32. The van der Waals surface area contributed by atoms with Crippen LogP contribution in [0.15, 0.2) is 53.9 Å². The molecule has 0 spiro atoms. The van der Waals surface area contributed by atoms with Crippen LogP contribution in [0, 0.1) is 0 Å². The summed E-state index contributed by atoms with van der Waals surface area (Å²) in [5.41, 5.74) is 1.34. The van der Waals surface area contributed by atoms with E-state index in [0.29, 0.717) is 0 Å². The number of hydrogen-bond donors (Lipinski definition) is 0. The van der Waals surface area contributed by atoms with Gasteiger partial charge in [0.2, 0.25) is 0 Å². The maximum atomic E-state index is 12.5. The van der Waals surface area contributed by atoms with Crippen LogP contribution in [0.5, 0.6) is 0 Å². The van der Waals surface area contributed by atoms with Gasteiger partial charge in [-0.2, -0.15) is 0 Å². The highest BCUT2D eigenvalue weighted by Gasteiger charge is 2.13. The minimum Gasteiger partial charge on any atom is -0.315 e. The zero-order valence-corrected chi connectivity index (χ0v) is 11.2. The average Bonchev–Trinajstić information content (AvgIpc) is 2.39. The number of benzene rings is 1. The van der Waals surface area contributed by atoms with Gasteiger partial charge in [0.05, 0.1) is 0 Å². The van der Waals surface area contributed by atoms with E-state index in [1.165, 1.54) is 24.8 Å². The Kier molecular flexibility index (Phi) is 4.02. The van der Waals surface area contributed by atoms with Crippen molar-refractivity contribution in [3.05, 3.63) is 53.9 Å². The summed E-state index contributed by atoms with van der Waals surface area (Å²) in [5.74, 6) is 1.90. The zero-order valence-electron chi connectivity index (χ0n) is 10.3. The monoisotopic (exact) mass is 246 g/mol. The first-order valence-electron chi connectivity index (χ1n) is 6.19. The molecule has 1 aliphatic rings. The summed E-state index contributed by atoms with van der Waals surface area (Å²) in [6.45, 7) is 1.84. The molecule has 1 aromatic rings. The molecule has 0 aliphatic heterocycles. The summed E-state index contributed by atoms with van der Waals surface area (Å²) in [6, 6.07) is 9.73. The quantitative estimate of drug-likeness (QED) is 0.726. The van der Waals surface area contributed by atoms with Gasteiger partial charge in [-0.25, -0.2) is 0 Å². The van der Waals surface area contributed by atoms with E-state index in [4.69, 9.17) is 0 Å². The molecule has 0 N–H and O–H groups in total. The van der Waals surface area contributed by atoms with Gasteiger partial charge in [0, 0.05) is 5.30 Å². The second-order valence-corrected chi connectivity index (χ2v) is 7.46. The Hall–Kier alpha value is -1.07. The van der Waals surface area contributed by atoms with Crippen molar-refractivity contribution in [3.63, 3.8) is 0 Å². The molecule has 90 valence electrons. The van der Waals surface area contributed by atoms with Crippen molar-refractivity contribution in [1.82, 2.24) is 0 Å². The molecule has 0 radical (unpaired) electrons. The summed E-state index contributed by atoms with van der Waals surface area (Å²) in [5, 5.41) is 0.938. The molecule has 2 heteroatoms. The molecule has 1 aliphatic carbocycles. The molecule has 1 unspecified atom stereocenters. The minimum absolute atomic E-state index is 0.938. The molecule has 17 heavy (non-hydrogen) atoms. The van der Waals surface area contributed by atoms with Crippen molar-refractivity contribution < 1.29 is 4.57 Å². The van der Waals surface area contributed by atoms with E-state index in [1.807, 2.05) is 42.8 Å².